The van der Waals surface area contributed by atoms with Crippen LogP contribution in [0.1, 0.15) is 19.1 Å². The highest BCUT2D eigenvalue weighted by molar-refractivity contribution is 5.89. The fourth-order valence-corrected chi connectivity index (χ4v) is 3.46. The molecule has 132 valence electrons. The van der Waals surface area contributed by atoms with Crippen LogP contribution in [0.15, 0.2) is 22.8 Å². The number of nitrogens with zero attached hydrogens (tertiary/aromatic N) is 3. The average molecular weight is 335 g/mol. The van der Waals surface area contributed by atoms with Crippen molar-refractivity contribution in [1.82, 2.24) is 14.7 Å². The highest BCUT2D eigenvalue weighted by Gasteiger charge is 2.37. The number of aliphatic hydroxyl groups excluding tert-OH is 1. The van der Waals surface area contributed by atoms with E-state index in [1.54, 1.807) is 24.2 Å². The molecule has 2 atom stereocenters. The van der Waals surface area contributed by atoms with E-state index in [-0.39, 0.29) is 30.3 Å². The summed E-state index contributed by atoms with van der Waals surface area (Å²) in [5.74, 6) is 0.568. The van der Waals surface area contributed by atoms with Crippen molar-refractivity contribution in [3.05, 3.63) is 24.2 Å². The summed E-state index contributed by atoms with van der Waals surface area (Å²) >= 11 is 0. The van der Waals surface area contributed by atoms with Gasteiger partial charge in [-0.2, -0.15) is 0 Å². The Morgan fingerprint density at radius 1 is 1.38 bits per heavy atom. The molecule has 3 rings (SSSR count). The van der Waals surface area contributed by atoms with Crippen molar-refractivity contribution >= 4 is 11.8 Å². The summed E-state index contributed by atoms with van der Waals surface area (Å²) in [6.07, 6.45) is 1.52. The Labute approximate surface area is 141 Å². The van der Waals surface area contributed by atoms with Gasteiger partial charge in [0.1, 0.15) is 5.76 Å². The second kappa shape index (κ2) is 7.36. The highest BCUT2D eigenvalue weighted by atomic mass is 16.3. The molecule has 3 heterocycles. The number of likely N-dealkylation sites (tertiary alicyclic amines) is 1. The Balaban J connectivity index is 1.50. The lowest BCUT2D eigenvalue weighted by atomic mass is 10.1. The minimum absolute atomic E-state index is 0.0116. The summed E-state index contributed by atoms with van der Waals surface area (Å²) in [5.41, 5.74) is 0. The van der Waals surface area contributed by atoms with Crippen LogP contribution < -0.4 is 0 Å². The monoisotopic (exact) mass is 335 g/mol. The number of furan rings is 1. The van der Waals surface area contributed by atoms with Crippen LogP contribution in [0.2, 0.25) is 0 Å². The van der Waals surface area contributed by atoms with E-state index in [1.165, 1.54) is 0 Å². The van der Waals surface area contributed by atoms with Gasteiger partial charge in [0.05, 0.1) is 24.8 Å². The standard InChI is InChI=1S/C17H25N3O4/c1-13(21)10-18-4-6-19(7-5-18)17(23)14-9-16(22)20(11-14)12-15-3-2-8-24-15/h2-3,8,13-14,21H,4-7,9-12H2,1H3/t13-,14-/m1/s1. The smallest absolute Gasteiger partial charge is 0.228 e. The molecule has 0 radical (unpaired) electrons. The summed E-state index contributed by atoms with van der Waals surface area (Å²) in [6, 6.07) is 3.63. The van der Waals surface area contributed by atoms with Crippen LogP contribution in [0.4, 0.5) is 0 Å². The van der Waals surface area contributed by atoms with Crippen molar-refractivity contribution in [1.29, 1.82) is 0 Å². The number of aliphatic hydroxyl groups is 1. The Morgan fingerprint density at radius 2 is 2.12 bits per heavy atom. The van der Waals surface area contributed by atoms with Gasteiger partial charge in [-0.1, -0.05) is 0 Å². The van der Waals surface area contributed by atoms with Gasteiger partial charge < -0.3 is 19.3 Å². The molecule has 0 aliphatic carbocycles. The molecular formula is C17H25N3O4. The van der Waals surface area contributed by atoms with Crippen molar-refractivity contribution in [2.24, 2.45) is 5.92 Å². The number of β-amino-alcohol motifs (C(OH)–C–C–N with tert-alkyl or cyclic N) is 1. The first kappa shape index (κ1) is 17.0. The quantitative estimate of drug-likeness (QED) is 0.829. The van der Waals surface area contributed by atoms with Gasteiger partial charge in [0.2, 0.25) is 11.8 Å². The zero-order valence-corrected chi connectivity index (χ0v) is 14.1. The fourth-order valence-electron chi connectivity index (χ4n) is 3.46. The number of hydrogen-bond donors (Lipinski definition) is 1. The normalized spacial score (nSPS) is 23.8. The highest BCUT2D eigenvalue weighted by Crippen LogP contribution is 2.23. The van der Waals surface area contributed by atoms with E-state index in [0.29, 0.717) is 32.7 Å². The molecule has 2 amide bonds. The van der Waals surface area contributed by atoms with E-state index in [2.05, 4.69) is 4.90 Å². The number of hydrogen-bond acceptors (Lipinski definition) is 5. The molecule has 0 aromatic carbocycles. The van der Waals surface area contributed by atoms with Crippen LogP contribution in [0, 0.1) is 5.92 Å². The first-order chi connectivity index (χ1) is 11.5. The van der Waals surface area contributed by atoms with Crippen LogP contribution in [-0.4, -0.2) is 77.0 Å². The van der Waals surface area contributed by atoms with Gasteiger partial charge in [-0.25, -0.2) is 0 Å². The number of piperazine rings is 1. The van der Waals surface area contributed by atoms with E-state index >= 15 is 0 Å². The molecule has 2 aliphatic rings. The molecule has 7 nitrogen and oxygen atoms in total. The molecule has 2 aliphatic heterocycles. The van der Waals surface area contributed by atoms with Crippen LogP contribution in [-0.2, 0) is 16.1 Å². The lowest BCUT2D eigenvalue weighted by molar-refractivity contribution is -0.137. The third-order valence-corrected chi connectivity index (χ3v) is 4.70. The molecule has 2 fully saturated rings. The second-order valence-electron chi connectivity index (χ2n) is 6.73. The Hall–Kier alpha value is -1.86. The van der Waals surface area contributed by atoms with Crippen molar-refractivity contribution in [3.8, 4) is 0 Å². The second-order valence-corrected chi connectivity index (χ2v) is 6.73. The minimum atomic E-state index is -0.352. The molecule has 1 aromatic heterocycles. The van der Waals surface area contributed by atoms with Crippen LogP contribution in [0.25, 0.3) is 0 Å². The minimum Gasteiger partial charge on any atom is -0.467 e. The number of amides is 2. The molecule has 0 bridgehead atoms. The molecule has 0 spiro atoms. The van der Waals surface area contributed by atoms with Gasteiger partial charge in [-0.05, 0) is 19.1 Å². The van der Waals surface area contributed by atoms with E-state index in [1.807, 2.05) is 11.0 Å². The van der Waals surface area contributed by atoms with Crippen LogP contribution in [0.5, 0.6) is 0 Å². The molecule has 1 N–H and O–H groups in total. The van der Waals surface area contributed by atoms with Crippen molar-refractivity contribution in [2.45, 2.75) is 26.0 Å². The lowest BCUT2D eigenvalue weighted by Crippen LogP contribution is -2.51. The Morgan fingerprint density at radius 3 is 2.75 bits per heavy atom. The average Bonchev–Trinajstić information content (AvgIpc) is 3.18. The van der Waals surface area contributed by atoms with Gasteiger partial charge in [-0.3, -0.25) is 14.5 Å². The predicted molar refractivity (Wildman–Crippen MR) is 86.9 cm³/mol. The summed E-state index contributed by atoms with van der Waals surface area (Å²) in [5, 5.41) is 9.44. The van der Waals surface area contributed by atoms with Gasteiger partial charge in [0.25, 0.3) is 0 Å². The summed E-state index contributed by atoms with van der Waals surface area (Å²) in [7, 11) is 0. The van der Waals surface area contributed by atoms with Crippen LogP contribution >= 0.6 is 0 Å². The first-order valence-electron chi connectivity index (χ1n) is 8.52. The Kier molecular flexibility index (Phi) is 5.20. The van der Waals surface area contributed by atoms with Gasteiger partial charge in [-0.15, -0.1) is 0 Å². The SMILES string of the molecule is C[C@@H](O)CN1CCN(C(=O)[C@@H]2CC(=O)N(Cc3ccco3)C2)CC1. The predicted octanol–water partition coefficient (Wildman–Crippen LogP) is 0.153. The first-order valence-corrected chi connectivity index (χ1v) is 8.52. The number of rotatable bonds is 5. The van der Waals surface area contributed by atoms with E-state index in [0.717, 1.165) is 18.8 Å². The zero-order chi connectivity index (χ0) is 17.1. The van der Waals surface area contributed by atoms with Gasteiger partial charge in [0.15, 0.2) is 0 Å². The number of carbonyl (C=O) groups is 2. The lowest BCUT2D eigenvalue weighted by Gasteiger charge is -2.36. The van der Waals surface area contributed by atoms with E-state index in [9.17, 15) is 14.7 Å². The molecule has 24 heavy (non-hydrogen) atoms. The fraction of sp³-hybridized carbons (Fsp3) is 0.647. The largest absolute Gasteiger partial charge is 0.467 e. The van der Waals surface area contributed by atoms with Crippen LogP contribution in [0.3, 0.4) is 0 Å². The van der Waals surface area contributed by atoms with E-state index in [4.69, 9.17) is 4.42 Å². The molecule has 7 heteroatoms. The third kappa shape index (κ3) is 3.96. The summed E-state index contributed by atoms with van der Waals surface area (Å²) in [4.78, 5) is 30.5. The van der Waals surface area contributed by atoms with Gasteiger partial charge >= 0.3 is 0 Å². The maximum atomic E-state index is 12.7. The number of carbonyl (C=O) groups excluding carboxylic acids is 2. The van der Waals surface area contributed by atoms with Crippen molar-refractivity contribution < 1.29 is 19.1 Å². The maximum Gasteiger partial charge on any atom is 0.228 e. The molecule has 1 aromatic rings. The topological polar surface area (TPSA) is 77.2 Å². The Bertz CT molecular complexity index is 564. The van der Waals surface area contributed by atoms with E-state index < -0.39 is 0 Å². The third-order valence-electron chi connectivity index (χ3n) is 4.70. The van der Waals surface area contributed by atoms with Crippen molar-refractivity contribution in [3.63, 3.8) is 0 Å². The zero-order valence-electron chi connectivity index (χ0n) is 14.1. The van der Waals surface area contributed by atoms with Gasteiger partial charge in [0, 0.05) is 45.7 Å². The summed E-state index contributed by atoms with van der Waals surface area (Å²) < 4.78 is 5.28. The molecule has 0 unspecified atom stereocenters. The summed E-state index contributed by atoms with van der Waals surface area (Å²) in [6.45, 7) is 6.17. The molecular weight excluding hydrogens is 310 g/mol. The molecule has 0 saturated carbocycles. The van der Waals surface area contributed by atoms with Crippen molar-refractivity contribution in [2.75, 3.05) is 39.3 Å². The maximum absolute atomic E-state index is 12.7. The molecule has 2 saturated heterocycles.